The van der Waals surface area contributed by atoms with Gasteiger partial charge in [-0.05, 0) is 18.2 Å². The van der Waals surface area contributed by atoms with E-state index < -0.39 is 5.95 Å². The predicted octanol–water partition coefficient (Wildman–Crippen LogP) is 2.07. The first kappa shape index (κ1) is 11.0. The van der Waals surface area contributed by atoms with Gasteiger partial charge in [0, 0.05) is 11.8 Å². The van der Waals surface area contributed by atoms with Crippen molar-refractivity contribution in [3.8, 4) is 11.8 Å². The van der Waals surface area contributed by atoms with Crippen LogP contribution in [0.2, 0.25) is 0 Å². The van der Waals surface area contributed by atoms with Crippen LogP contribution in [0.25, 0.3) is 0 Å². The van der Waals surface area contributed by atoms with Crippen molar-refractivity contribution in [2.24, 2.45) is 0 Å². The Balaban J connectivity index is 2.08. The van der Waals surface area contributed by atoms with Gasteiger partial charge >= 0.3 is 0 Å². The molecule has 0 aliphatic carbocycles. The summed E-state index contributed by atoms with van der Waals surface area (Å²) >= 11 is 0. The Morgan fingerprint density at radius 1 is 1.29 bits per heavy atom. The van der Waals surface area contributed by atoms with Crippen molar-refractivity contribution in [3.63, 3.8) is 0 Å². The summed E-state index contributed by atoms with van der Waals surface area (Å²) in [7, 11) is 0. The highest BCUT2D eigenvalue weighted by molar-refractivity contribution is 5.30. The standard InChI is InChI=1S/C12H8FN3O/c13-12-4-3-10(7-16-12)17-8-9-2-1-5-15-11(9)6-14/h1-5,7H,8H2. The van der Waals surface area contributed by atoms with Crippen molar-refractivity contribution < 1.29 is 9.13 Å². The lowest BCUT2D eigenvalue weighted by atomic mass is 10.2. The van der Waals surface area contributed by atoms with Crippen LogP contribution < -0.4 is 4.74 Å². The van der Waals surface area contributed by atoms with Crippen LogP contribution >= 0.6 is 0 Å². The summed E-state index contributed by atoms with van der Waals surface area (Å²) in [6, 6.07) is 8.14. The van der Waals surface area contributed by atoms with Crippen LogP contribution in [0, 0.1) is 17.3 Å². The van der Waals surface area contributed by atoms with Gasteiger partial charge in [0.2, 0.25) is 5.95 Å². The molecule has 5 heteroatoms. The van der Waals surface area contributed by atoms with Gasteiger partial charge < -0.3 is 4.74 Å². The molecule has 0 radical (unpaired) electrons. The van der Waals surface area contributed by atoms with Crippen LogP contribution in [0.15, 0.2) is 36.7 Å². The normalized spacial score (nSPS) is 9.65. The molecule has 2 heterocycles. The van der Waals surface area contributed by atoms with Gasteiger partial charge in [0.1, 0.15) is 24.1 Å². The molecule has 2 rings (SSSR count). The molecule has 0 aliphatic rings. The first-order chi connectivity index (χ1) is 8.29. The molecular formula is C12H8FN3O. The largest absolute Gasteiger partial charge is 0.487 e. The second-order valence-corrected chi connectivity index (χ2v) is 3.23. The molecule has 0 spiro atoms. The van der Waals surface area contributed by atoms with E-state index in [0.717, 1.165) is 0 Å². The second kappa shape index (κ2) is 5.03. The minimum Gasteiger partial charge on any atom is -0.487 e. The zero-order valence-corrected chi connectivity index (χ0v) is 8.80. The lowest BCUT2D eigenvalue weighted by molar-refractivity contribution is 0.303. The van der Waals surface area contributed by atoms with Gasteiger partial charge in [-0.1, -0.05) is 6.07 Å². The number of nitriles is 1. The van der Waals surface area contributed by atoms with Crippen LogP contribution in [0.3, 0.4) is 0 Å². The molecule has 0 fully saturated rings. The number of halogens is 1. The Morgan fingerprint density at radius 2 is 2.18 bits per heavy atom. The smallest absolute Gasteiger partial charge is 0.213 e. The highest BCUT2D eigenvalue weighted by Gasteiger charge is 2.03. The van der Waals surface area contributed by atoms with Gasteiger partial charge in [-0.3, -0.25) is 0 Å². The Morgan fingerprint density at radius 3 is 2.88 bits per heavy atom. The molecule has 2 aromatic rings. The molecule has 0 amide bonds. The van der Waals surface area contributed by atoms with E-state index in [1.165, 1.54) is 18.3 Å². The highest BCUT2D eigenvalue weighted by Crippen LogP contribution is 2.12. The van der Waals surface area contributed by atoms with E-state index in [0.29, 0.717) is 17.0 Å². The van der Waals surface area contributed by atoms with Crippen molar-refractivity contribution in [1.82, 2.24) is 9.97 Å². The minimum atomic E-state index is -0.559. The zero-order valence-electron chi connectivity index (χ0n) is 8.80. The Hall–Kier alpha value is -2.48. The molecule has 0 unspecified atom stereocenters. The highest BCUT2D eigenvalue weighted by atomic mass is 19.1. The fourth-order valence-electron chi connectivity index (χ4n) is 1.26. The summed E-state index contributed by atoms with van der Waals surface area (Å²) in [6.45, 7) is 0.198. The fourth-order valence-corrected chi connectivity index (χ4v) is 1.26. The monoisotopic (exact) mass is 229 g/mol. The number of rotatable bonds is 3. The molecular weight excluding hydrogens is 221 g/mol. The summed E-state index contributed by atoms with van der Waals surface area (Å²) < 4.78 is 17.9. The molecule has 17 heavy (non-hydrogen) atoms. The number of hydrogen-bond donors (Lipinski definition) is 0. The van der Waals surface area contributed by atoms with Crippen molar-refractivity contribution in [3.05, 3.63) is 53.9 Å². The Labute approximate surface area is 97.3 Å². The van der Waals surface area contributed by atoms with E-state index in [1.54, 1.807) is 18.3 Å². The van der Waals surface area contributed by atoms with Crippen molar-refractivity contribution in [2.75, 3.05) is 0 Å². The van der Waals surface area contributed by atoms with Gasteiger partial charge in [0.15, 0.2) is 0 Å². The third-order valence-electron chi connectivity index (χ3n) is 2.09. The average molecular weight is 229 g/mol. The topological polar surface area (TPSA) is 58.8 Å². The fraction of sp³-hybridized carbons (Fsp3) is 0.0833. The minimum absolute atomic E-state index is 0.198. The molecule has 84 valence electrons. The molecule has 0 aromatic carbocycles. The SMILES string of the molecule is N#Cc1ncccc1COc1ccc(F)nc1. The van der Waals surface area contributed by atoms with E-state index in [9.17, 15) is 4.39 Å². The molecule has 2 aromatic heterocycles. The van der Waals surface area contributed by atoms with Crippen LogP contribution in [0.1, 0.15) is 11.3 Å². The van der Waals surface area contributed by atoms with Crippen molar-refractivity contribution >= 4 is 0 Å². The summed E-state index contributed by atoms with van der Waals surface area (Å²) in [4.78, 5) is 7.37. The maximum absolute atomic E-state index is 12.5. The summed E-state index contributed by atoms with van der Waals surface area (Å²) in [5, 5.41) is 8.82. The third-order valence-corrected chi connectivity index (χ3v) is 2.09. The van der Waals surface area contributed by atoms with E-state index in [4.69, 9.17) is 10.00 Å². The average Bonchev–Trinajstić information content (AvgIpc) is 2.38. The van der Waals surface area contributed by atoms with E-state index >= 15 is 0 Å². The first-order valence-corrected chi connectivity index (χ1v) is 4.88. The summed E-state index contributed by atoms with van der Waals surface area (Å²) in [5.74, 6) is -0.115. The quantitative estimate of drug-likeness (QED) is 0.756. The summed E-state index contributed by atoms with van der Waals surface area (Å²) in [5.41, 5.74) is 1.00. The Bertz CT molecular complexity index is 548. The van der Waals surface area contributed by atoms with E-state index in [-0.39, 0.29) is 6.61 Å². The lowest BCUT2D eigenvalue weighted by Gasteiger charge is -2.06. The van der Waals surface area contributed by atoms with Gasteiger partial charge in [-0.15, -0.1) is 0 Å². The van der Waals surface area contributed by atoms with Gasteiger partial charge in [-0.2, -0.15) is 9.65 Å². The third kappa shape index (κ3) is 2.75. The molecule has 0 N–H and O–H groups in total. The number of aromatic nitrogens is 2. The van der Waals surface area contributed by atoms with Gasteiger partial charge in [0.25, 0.3) is 0 Å². The number of pyridine rings is 2. The first-order valence-electron chi connectivity index (χ1n) is 4.88. The van der Waals surface area contributed by atoms with Gasteiger partial charge in [-0.25, -0.2) is 9.97 Å². The molecule has 4 nitrogen and oxygen atoms in total. The number of ether oxygens (including phenoxy) is 1. The van der Waals surface area contributed by atoms with Crippen LogP contribution in [0.5, 0.6) is 5.75 Å². The molecule has 0 saturated carbocycles. The van der Waals surface area contributed by atoms with E-state index in [2.05, 4.69) is 9.97 Å². The second-order valence-electron chi connectivity index (χ2n) is 3.23. The molecule has 0 saturated heterocycles. The maximum Gasteiger partial charge on any atom is 0.213 e. The predicted molar refractivity (Wildman–Crippen MR) is 57.5 cm³/mol. The molecule has 0 atom stereocenters. The van der Waals surface area contributed by atoms with Crippen LogP contribution in [-0.2, 0) is 6.61 Å². The van der Waals surface area contributed by atoms with Gasteiger partial charge in [0.05, 0.1) is 6.20 Å². The van der Waals surface area contributed by atoms with Crippen molar-refractivity contribution in [2.45, 2.75) is 6.61 Å². The Kier molecular flexibility index (Phi) is 3.26. The molecule has 0 bridgehead atoms. The lowest BCUT2D eigenvalue weighted by Crippen LogP contribution is -2.00. The summed E-state index contributed by atoms with van der Waals surface area (Å²) in [6.07, 6.45) is 2.83. The number of hydrogen-bond acceptors (Lipinski definition) is 4. The van der Waals surface area contributed by atoms with Crippen LogP contribution in [0.4, 0.5) is 4.39 Å². The van der Waals surface area contributed by atoms with Crippen LogP contribution in [-0.4, -0.2) is 9.97 Å². The number of nitrogens with zero attached hydrogens (tertiary/aromatic N) is 3. The van der Waals surface area contributed by atoms with Crippen molar-refractivity contribution in [1.29, 1.82) is 5.26 Å². The zero-order chi connectivity index (χ0) is 12.1. The molecule has 0 aliphatic heterocycles. The van der Waals surface area contributed by atoms with E-state index in [1.807, 2.05) is 6.07 Å². The maximum atomic E-state index is 12.5.